The van der Waals surface area contributed by atoms with Gasteiger partial charge in [-0.25, -0.2) is 0 Å². The Labute approximate surface area is 178 Å². The third-order valence-corrected chi connectivity index (χ3v) is 5.58. The van der Waals surface area contributed by atoms with Gasteiger partial charge in [0.15, 0.2) is 0 Å². The van der Waals surface area contributed by atoms with Gasteiger partial charge in [0.2, 0.25) is 0 Å². The average molecular weight is 411 g/mol. The van der Waals surface area contributed by atoms with Gasteiger partial charge in [-0.1, -0.05) is 6.07 Å². The van der Waals surface area contributed by atoms with Gasteiger partial charge >= 0.3 is 0 Å². The summed E-state index contributed by atoms with van der Waals surface area (Å²) >= 11 is 0. The number of anilines is 4. The summed E-state index contributed by atoms with van der Waals surface area (Å²) in [5, 5.41) is 3.14. The molecule has 0 spiro atoms. The molecule has 0 saturated carbocycles. The standard InChI is InChI=1S/C23H30N4O3/c1-25(2)19-5-3-4-18(16-19)23(28)24-21-7-6-20(26-8-12-29-13-9-26)17-22(21)27-10-14-30-15-11-27/h3-7,16-17H,8-15H2,1-2H3,(H,24,28). The second-order valence-electron chi connectivity index (χ2n) is 7.80. The van der Waals surface area contributed by atoms with Crippen LogP contribution >= 0.6 is 0 Å². The summed E-state index contributed by atoms with van der Waals surface area (Å²) in [6, 6.07) is 13.9. The monoisotopic (exact) mass is 410 g/mol. The number of hydrogen-bond donors (Lipinski definition) is 1. The van der Waals surface area contributed by atoms with E-state index in [9.17, 15) is 4.79 Å². The lowest BCUT2D eigenvalue weighted by Crippen LogP contribution is -2.38. The third kappa shape index (κ3) is 4.68. The van der Waals surface area contributed by atoms with Crippen LogP contribution in [-0.4, -0.2) is 72.6 Å². The number of amides is 1. The topological polar surface area (TPSA) is 57.3 Å². The van der Waals surface area contributed by atoms with Crippen molar-refractivity contribution >= 4 is 28.7 Å². The highest BCUT2D eigenvalue weighted by Gasteiger charge is 2.20. The van der Waals surface area contributed by atoms with Crippen molar-refractivity contribution in [3.63, 3.8) is 0 Å². The molecule has 2 aliphatic rings. The number of morpholine rings is 2. The van der Waals surface area contributed by atoms with Crippen LogP contribution in [0.3, 0.4) is 0 Å². The number of carbonyl (C=O) groups excluding carboxylic acids is 1. The number of carbonyl (C=O) groups is 1. The van der Waals surface area contributed by atoms with Crippen LogP contribution < -0.4 is 20.0 Å². The van der Waals surface area contributed by atoms with E-state index in [2.05, 4.69) is 27.2 Å². The van der Waals surface area contributed by atoms with Crippen LogP contribution in [0.2, 0.25) is 0 Å². The molecule has 0 bridgehead atoms. The Hall–Kier alpha value is -2.77. The smallest absolute Gasteiger partial charge is 0.255 e. The van der Waals surface area contributed by atoms with E-state index < -0.39 is 0 Å². The molecular formula is C23H30N4O3. The summed E-state index contributed by atoms with van der Waals surface area (Å²) in [5.41, 5.74) is 4.67. The van der Waals surface area contributed by atoms with Crippen molar-refractivity contribution in [2.24, 2.45) is 0 Å². The van der Waals surface area contributed by atoms with E-state index in [-0.39, 0.29) is 5.91 Å². The Morgan fingerprint density at radius 3 is 2.23 bits per heavy atom. The van der Waals surface area contributed by atoms with Gasteiger partial charge in [-0.15, -0.1) is 0 Å². The van der Waals surface area contributed by atoms with Crippen LogP contribution in [-0.2, 0) is 9.47 Å². The fourth-order valence-corrected chi connectivity index (χ4v) is 3.83. The Bertz CT molecular complexity index is 875. The van der Waals surface area contributed by atoms with Gasteiger partial charge in [0.25, 0.3) is 5.91 Å². The van der Waals surface area contributed by atoms with Crippen molar-refractivity contribution in [3.05, 3.63) is 48.0 Å². The molecule has 4 rings (SSSR count). The zero-order valence-electron chi connectivity index (χ0n) is 17.8. The summed E-state index contributed by atoms with van der Waals surface area (Å²) < 4.78 is 11.0. The summed E-state index contributed by atoms with van der Waals surface area (Å²) in [6.07, 6.45) is 0. The first kappa shape index (κ1) is 20.5. The summed E-state index contributed by atoms with van der Waals surface area (Å²) in [5.74, 6) is -0.104. The second-order valence-corrected chi connectivity index (χ2v) is 7.80. The van der Waals surface area contributed by atoms with E-state index in [1.54, 1.807) is 0 Å². The van der Waals surface area contributed by atoms with Gasteiger partial charge in [-0.05, 0) is 36.4 Å². The van der Waals surface area contributed by atoms with Crippen molar-refractivity contribution in [3.8, 4) is 0 Å². The van der Waals surface area contributed by atoms with Gasteiger partial charge in [-0.2, -0.15) is 0 Å². The van der Waals surface area contributed by atoms with Crippen LogP contribution in [0, 0.1) is 0 Å². The highest BCUT2D eigenvalue weighted by molar-refractivity contribution is 6.06. The van der Waals surface area contributed by atoms with Gasteiger partial charge < -0.3 is 29.5 Å². The quantitative estimate of drug-likeness (QED) is 0.818. The highest BCUT2D eigenvalue weighted by atomic mass is 16.5. The maximum Gasteiger partial charge on any atom is 0.255 e. The maximum atomic E-state index is 13.0. The van der Waals surface area contributed by atoms with Gasteiger partial charge in [0.05, 0.1) is 37.8 Å². The van der Waals surface area contributed by atoms with Gasteiger partial charge in [-0.3, -0.25) is 4.79 Å². The molecule has 7 heteroatoms. The van der Waals surface area contributed by atoms with E-state index in [1.165, 1.54) is 0 Å². The minimum Gasteiger partial charge on any atom is -0.378 e. The van der Waals surface area contributed by atoms with Crippen LogP contribution in [0.25, 0.3) is 0 Å². The molecule has 2 aromatic carbocycles. The SMILES string of the molecule is CN(C)c1cccc(C(=O)Nc2ccc(N3CCOCC3)cc2N2CCOCC2)c1. The Morgan fingerprint density at radius 1 is 0.900 bits per heavy atom. The molecule has 1 N–H and O–H groups in total. The van der Waals surface area contributed by atoms with Crippen molar-refractivity contribution in [2.75, 3.05) is 86.7 Å². The lowest BCUT2D eigenvalue weighted by Gasteiger charge is -2.33. The number of hydrogen-bond acceptors (Lipinski definition) is 6. The van der Waals surface area contributed by atoms with Crippen molar-refractivity contribution in [1.82, 2.24) is 0 Å². The Balaban J connectivity index is 1.60. The molecule has 2 heterocycles. The number of rotatable bonds is 5. The Morgan fingerprint density at radius 2 is 1.57 bits per heavy atom. The maximum absolute atomic E-state index is 13.0. The van der Waals surface area contributed by atoms with Gasteiger partial charge in [0.1, 0.15) is 0 Å². The lowest BCUT2D eigenvalue weighted by molar-refractivity contribution is 0.102. The summed E-state index contributed by atoms with van der Waals surface area (Å²) in [6.45, 7) is 6.26. The van der Waals surface area contributed by atoms with Crippen molar-refractivity contribution < 1.29 is 14.3 Å². The number of benzene rings is 2. The zero-order chi connectivity index (χ0) is 20.9. The molecule has 0 atom stereocenters. The fraction of sp³-hybridized carbons (Fsp3) is 0.435. The van der Waals surface area contributed by atoms with Crippen molar-refractivity contribution in [1.29, 1.82) is 0 Å². The summed E-state index contributed by atoms with van der Waals surface area (Å²) in [4.78, 5) is 19.6. The zero-order valence-corrected chi connectivity index (χ0v) is 17.8. The summed E-state index contributed by atoms with van der Waals surface area (Å²) in [7, 11) is 3.94. The van der Waals surface area contributed by atoms with E-state index in [0.29, 0.717) is 18.8 Å². The van der Waals surface area contributed by atoms with Gasteiger partial charge in [0, 0.05) is 57.2 Å². The third-order valence-electron chi connectivity index (χ3n) is 5.58. The predicted octanol–water partition coefficient (Wildman–Crippen LogP) is 2.68. The lowest BCUT2D eigenvalue weighted by atomic mass is 10.1. The largest absolute Gasteiger partial charge is 0.378 e. The van der Waals surface area contributed by atoms with E-state index in [1.807, 2.05) is 49.3 Å². The minimum absolute atomic E-state index is 0.104. The van der Waals surface area contributed by atoms with E-state index in [0.717, 1.165) is 62.1 Å². The molecule has 30 heavy (non-hydrogen) atoms. The molecule has 1 amide bonds. The molecule has 0 aromatic heterocycles. The molecule has 0 aliphatic carbocycles. The fourth-order valence-electron chi connectivity index (χ4n) is 3.83. The van der Waals surface area contributed by atoms with Crippen LogP contribution in [0.15, 0.2) is 42.5 Å². The van der Waals surface area contributed by atoms with E-state index in [4.69, 9.17) is 9.47 Å². The number of ether oxygens (including phenoxy) is 2. The number of nitrogens with zero attached hydrogens (tertiary/aromatic N) is 3. The van der Waals surface area contributed by atoms with E-state index >= 15 is 0 Å². The first-order valence-electron chi connectivity index (χ1n) is 10.5. The molecule has 0 unspecified atom stereocenters. The normalized spacial score (nSPS) is 17.0. The first-order valence-corrected chi connectivity index (χ1v) is 10.5. The average Bonchev–Trinajstić information content (AvgIpc) is 2.80. The molecule has 2 fully saturated rings. The molecule has 7 nitrogen and oxygen atoms in total. The highest BCUT2D eigenvalue weighted by Crippen LogP contribution is 2.32. The molecule has 0 radical (unpaired) electrons. The van der Waals surface area contributed by atoms with Crippen LogP contribution in [0.1, 0.15) is 10.4 Å². The van der Waals surface area contributed by atoms with Crippen LogP contribution in [0.4, 0.5) is 22.7 Å². The van der Waals surface area contributed by atoms with Crippen molar-refractivity contribution in [2.45, 2.75) is 0 Å². The molecule has 2 saturated heterocycles. The van der Waals surface area contributed by atoms with Crippen LogP contribution in [0.5, 0.6) is 0 Å². The molecule has 2 aromatic rings. The molecular weight excluding hydrogens is 380 g/mol. The Kier molecular flexibility index (Phi) is 6.40. The molecule has 160 valence electrons. The number of nitrogens with one attached hydrogen (secondary N) is 1. The predicted molar refractivity (Wildman–Crippen MR) is 121 cm³/mol. The second kappa shape index (κ2) is 9.36. The molecule has 2 aliphatic heterocycles. The minimum atomic E-state index is -0.104. The first-order chi connectivity index (χ1) is 14.6.